The van der Waals surface area contributed by atoms with E-state index in [4.69, 9.17) is 0 Å². The molecule has 0 aliphatic carbocycles. The number of aryl methyl sites for hydroxylation is 1. The standard InChI is InChI=1S/C25H33FN2O2S/c1-5-23(25(30)27-14-18(2)3)28(15-20-11-7-6-10-19(20)4)24(29)17-31-16-21-12-8-9-13-22(21)26/h6-13,18,23H,5,14-17H2,1-4H3,(H,27,30)/t23-/m0/s1. The Kier molecular flexibility index (Phi) is 10.0. The maximum absolute atomic E-state index is 13.9. The van der Waals surface area contributed by atoms with E-state index in [2.05, 4.69) is 5.32 Å². The second-order valence-electron chi connectivity index (χ2n) is 8.10. The van der Waals surface area contributed by atoms with Gasteiger partial charge in [-0.25, -0.2) is 4.39 Å². The molecule has 2 aromatic rings. The molecule has 0 saturated carbocycles. The molecule has 1 atom stereocenters. The van der Waals surface area contributed by atoms with Gasteiger partial charge in [-0.15, -0.1) is 11.8 Å². The molecule has 2 amide bonds. The van der Waals surface area contributed by atoms with Crippen LogP contribution < -0.4 is 5.32 Å². The van der Waals surface area contributed by atoms with Crippen LogP contribution in [0.5, 0.6) is 0 Å². The minimum atomic E-state index is -0.542. The first kappa shape index (κ1) is 24.9. The zero-order valence-electron chi connectivity index (χ0n) is 18.9. The van der Waals surface area contributed by atoms with Crippen LogP contribution in [-0.2, 0) is 21.9 Å². The summed E-state index contributed by atoms with van der Waals surface area (Å²) in [5, 5.41) is 2.97. The molecule has 168 valence electrons. The summed E-state index contributed by atoms with van der Waals surface area (Å²) in [5.74, 6) is 0.423. The molecule has 0 radical (unpaired) electrons. The third-order valence-electron chi connectivity index (χ3n) is 5.11. The minimum Gasteiger partial charge on any atom is -0.354 e. The fourth-order valence-electron chi connectivity index (χ4n) is 3.26. The molecule has 0 spiro atoms. The normalized spacial score (nSPS) is 11.9. The van der Waals surface area contributed by atoms with Gasteiger partial charge in [0.05, 0.1) is 5.75 Å². The molecule has 0 unspecified atom stereocenters. The van der Waals surface area contributed by atoms with Crippen LogP contribution in [0.3, 0.4) is 0 Å². The fraction of sp³-hybridized carbons (Fsp3) is 0.440. The molecule has 0 aliphatic heterocycles. The van der Waals surface area contributed by atoms with Gasteiger partial charge in [0.2, 0.25) is 11.8 Å². The molecule has 2 aromatic carbocycles. The predicted molar refractivity (Wildman–Crippen MR) is 126 cm³/mol. The van der Waals surface area contributed by atoms with Gasteiger partial charge in [-0.05, 0) is 42.0 Å². The molecule has 0 heterocycles. The van der Waals surface area contributed by atoms with E-state index in [1.165, 1.54) is 17.8 Å². The van der Waals surface area contributed by atoms with Gasteiger partial charge in [-0.2, -0.15) is 0 Å². The summed E-state index contributed by atoms with van der Waals surface area (Å²) in [6.07, 6.45) is 0.527. The molecule has 2 rings (SSSR count). The number of halogens is 1. The maximum atomic E-state index is 13.9. The third-order valence-corrected chi connectivity index (χ3v) is 6.08. The number of thioether (sulfide) groups is 1. The lowest BCUT2D eigenvalue weighted by molar-refractivity contribution is -0.139. The van der Waals surface area contributed by atoms with Crippen molar-refractivity contribution < 1.29 is 14.0 Å². The lowest BCUT2D eigenvalue weighted by Crippen LogP contribution is -2.50. The van der Waals surface area contributed by atoms with E-state index in [0.717, 1.165) is 11.1 Å². The number of carbonyl (C=O) groups is 2. The number of benzene rings is 2. The second-order valence-corrected chi connectivity index (χ2v) is 9.08. The largest absolute Gasteiger partial charge is 0.354 e. The van der Waals surface area contributed by atoms with E-state index in [1.54, 1.807) is 23.1 Å². The average Bonchev–Trinajstić information content (AvgIpc) is 2.74. The summed E-state index contributed by atoms with van der Waals surface area (Å²) in [4.78, 5) is 27.8. The first-order chi connectivity index (χ1) is 14.8. The van der Waals surface area contributed by atoms with Crippen LogP contribution in [0.4, 0.5) is 4.39 Å². The van der Waals surface area contributed by atoms with Crippen LogP contribution in [0.2, 0.25) is 0 Å². The number of hydrogen-bond acceptors (Lipinski definition) is 3. The third kappa shape index (κ3) is 7.69. The smallest absolute Gasteiger partial charge is 0.242 e. The molecule has 0 bridgehead atoms. The predicted octanol–water partition coefficient (Wildman–Crippen LogP) is 4.95. The summed E-state index contributed by atoms with van der Waals surface area (Å²) >= 11 is 1.37. The molecular weight excluding hydrogens is 411 g/mol. The van der Waals surface area contributed by atoms with Gasteiger partial charge in [0.25, 0.3) is 0 Å². The number of nitrogens with one attached hydrogen (secondary N) is 1. The molecule has 31 heavy (non-hydrogen) atoms. The van der Waals surface area contributed by atoms with Gasteiger partial charge in [0, 0.05) is 18.8 Å². The van der Waals surface area contributed by atoms with Crippen LogP contribution in [0, 0.1) is 18.7 Å². The molecule has 1 N–H and O–H groups in total. The van der Waals surface area contributed by atoms with Crippen molar-refractivity contribution in [3.8, 4) is 0 Å². The highest BCUT2D eigenvalue weighted by atomic mass is 32.2. The SMILES string of the molecule is CC[C@@H](C(=O)NCC(C)C)N(Cc1ccccc1C)C(=O)CSCc1ccccc1F. The van der Waals surface area contributed by atoms with Crippen molar-refractivity contribution in [2.24, 2.45) is 5.92 Å². The van der Waals surface area contributed by atoms with E-state index < -0.39 is 6.04 Å². The van der Waals surface area contributed by atoms with Crippen molar-refractivity contribution in [1.82, 2.24) is 10.2 Å². The highest BCUT2D eigenvalue weighted by Crippen LogP contribution is 2.20. The molecule has 0 aromatic heterocycles. The average molecular weight is 445 g/mol. The number of amides is 2. The number of hydrogen-bond donors (Lipinski definition) is 1. The van der Waals surface area contributed by atoms with Gasteiger partial charge in [-0.1, -0.05) is 63.2 Å². The summed E-state index contributed by atoms with van der Waals surface area (Å²) in [6, 6.07) is 13.9. The van der Waals surface area contributed by atoms with Crippen molar-refractivity contribution in [2.45, 2.75) is 52.5 Å². The van der Waals surface area contributed by atoms with Crippen LogP contribution >= 0.6 is 11.8 Å². The topological polar surface area (TPSA) is 49.4 Å². The maximum Gasteiger partial charge on any atom is 0.242 e. The van der Waals surface area contributed by atoms with Gasteiger partial charge in [-0.3, -0.25) is 9.59 Å². The molecule has 0 saturated heterocycles. The van der Waals surface area contributed by atoms with Crippen molar-refractivity contribution in [2.75, 3.05) is 12.3 Å². The van der Waals surface area contributed by atoms with E-state index in [1.807, 2.05) is 52.0 Å². The van der Waals surface area contributed by atoms with Gasteiger partial charge in [0.15, 0.2) is 0 Å². The van der Waals surface area contributed by atoms with E-state index >= 15 is 0 Å². The monoisotopic (exact) mass is 444 g/mol. The Morgan fingerprint density at radius 1 is 1.06 bits per heavy atom. The first-order valence-corrected chi connectivity index (χ1v) is 11.9. The number of nitrogens with zero attached hydrogens (tertiary/aromatic N) is 1. The number of rotatable bonds is 11. The zero-order valence-corrected chi connectivity index (χ0v) is 19.7. The summed E-state index contributed by atoms with van der Waals surface area (Å²) in [5.41, 5.74) is 2.68. The highest BCUT2D eigenvalue weighted by molar-refractivity contribution is 7.99. The Labute approximate surface area is 189 Å². The molecule has 0 fully saturated rings. The molecule has 0 aliphatic rings. The van der Waals surface area contributed by atoms with E-state index in [9.17, 15) is 14.0 Å². The lowest BCUT2D eigenvalue weighted by atomic mass is 10.1. The van der Waals surface area contributed by atoms with Crippen LogP contribution in [0.15, 0.2) is 48.5 Å². The zero-order chi connectivity index (χ0) is 22.8. The van der Waals surface area contributed by atoms with Gasteiger partial charge >= 0.3 is 0 Å². The van der Waals surface area contributed by atoms with Gasteiger partial charge < -0.3 is 10.2 Å². The summed E-state index contributed by atoms with van der Waals surface area (Å²) in [7, 11) is 0. The van der Waals surface area contributed by atoms with Crippen molar-refractivity contribution in [3.63, 3.8) is 0 Å². The van der Waals surface area contributed by atoms with Crippen molar-refractivity contribution in [3.05, 3.63) is 71.0 Å². The van der Waals surface area contributed by atoms with E-state index in [-0.39, 0.29) is 23.4 Å². The fourth-order valence-corrected chi connectivity index (χ4v) is 4.16. The Morgan fingerprint density at radius 2 is 1.71 bits per heavy atom. The minimum absolute atomic E-state index is 0.115. The van der Waals surface area contributed by atoms with E-state index in [0.29, 0.717) is 36.7 Å². The van der Waals surface area contributed by atoms with Crippen LogP contribution in [0.1, 0.15) is 43.9 Å². The first-order valence-electron chi connectivity index (χ1n) is 10.8. The van der Waals surface area contributed by atoms with Crippen LogP contribution in [-0.4, -0.2) is 35.1 Å². The second kappa shape index (κ2) is 12.5. The lowest BCUT2D eigenvalue weighted by Gasteiger charge is -2.31. The summed E-state index contributed by atoms with van der Waals surface area (Å²) in [6.45, 7) is 8.95. The Balaban J connectivity index is 2.14. The Bertz CT molecular complexity index is 872. The highest BCUT2D eigenvalue weighted by Gasteiger charge is 2.28. The number of carbonyl (C=O) groups excluding carboxylic acids is 2. The Hall–Kier alpha value is -2.34. The van der Waals surface area contributed by atoms with Gasteiger partial charge in [0.1, 0.15) is 11.9 Å². The molecule has 6 heteroatoms. The van der Waals surface area contributed by atoms with Crippen molar-refractivity contribution in [1.29, 1.82) is 0 Å². The summed E-state index contributed by atoms with van der Waals surface area (Å²) < 4.78 is 13.9. The molecular formula is C25H33FN2O2S. The van der Waals surface area contributed by atoms with Crippen LogP contribution in [0.25, 0.3) is 0 Å². The Morgan fingerprint density at radius 3 is 2.32 bits per heavy atom. The van der Waals surface area contributed by atoms with Crippen molar-refractivity contribution >= 4 is 23.6 Å². The molecule has 4 nitrogen and oxygen atoms in total. The quantitative estimate of drug-likeness (QED) is 0.534.